The van der Waals surface area contributed by atoms with Crippen LogP contribution in [0.1, 0.15) is 12.6 Å². The van der Waals surface area contributed by atoms with Crippen molar-refractivity contribution in [3.05, 3.63) is 32.6 Å². The molecule has 15 heavy (non-hydrogen) atoms. The third kappa shape index (κ3) is 2.80. The van der Waals surface area contributed by atoms with Crippen LogP contribution in [0.25, 0.3) is 0 Å². The molecule has 1 aromatic heterocycles. The fourth-order valence-electron chi connectivity index (χ4n) is 1.15. The Bertz CT molecular complexity index is 470. The summed E-state index contributed by atoms with van der Waals surface area (Å²) in [4.78, 5) is 24.6. The third-order valence-corrected chi connectivity index (χ3v) is 1.80. The van der Waals surface area contributed by atoms with Gasteiger partial charge in [-0.15, -0.1) is 0 Å². The van der Waals surface area contributed by atoms with Crippen molar-refractivity contribution in [2.45, 2.75) is 13.5 Å². The lowest BCUT2D eigenvalue weighted by Gasteiger charge is -2.06. The Morgan fingerprint density at radius 3 is 2.73 bits per heavy atom. The van der Waals surface area contributed by atoms with Crippen molar-refractivity contribution >= 4 is 6.21 Å². The molecule has 0 aliphatic rings. The molecule has 0 aliphatic carbocycles. The van der Waals surface area contributed by atoms with Gasteiger partial charge in [0, 0.05) is 26.7 Å². The number of nitrogens with one attached hydrogen (secondary N) is 1. The summed E-state index contributed by atoms with van der Waals surface area (Å²) in [5, 5.41) is 5.57. The van der Waals surface area contributed by atoms with Crippen molar-refractivity contribution in [3.8, 4) is 0 Å². The lowest BCUT2D eigenvalue weighted by atomic mass is 10.4. The molecule has 0 atom stereocenters. The standard InChI is InChI=1S/C9H14N4O2/c1-4-13-7(6-10-12(2)3)5-8(14)11-9(13)15/h5-6H,4H2,1-3H3,(H,11,14,15). The number of rotatable bonds is 3. The van der Waals surface area contributed by atoms with Crippen molar-refractivity contribution < 1.29 is 0 Å². The highest BCUT2D eigenvalue weighted by molar-refractivity contribution is 5.76. The molecule has 1 heterocycles. The lowest BCUT2D eigenvalue weighted by molar-refractivity contribution is 0.440. The third-order valence-electron chi connectivity index (χ3n) is 1.80. The maximum atomic E-state index is 11.4. The summed E-state index contributed by atoms with van der Waals surface area (Å²) in [5.74, 6) is 0. The minimum Gasteiger partial charge on any atom is -0.303 e. The van der Waals surface area contributed by atoms with Crippen molar-refractivity contribution in [2.24, 2.45) is 5.10 Å². The zero-order chi connectivity index (χ0) is 11.4. The molecule has 6 nitrogen and oxygen atoms in total. The highest BCUT2D eigenvalue weighted by atomic mass is 16.2. The van der Waals surface area contributed by atoms with E-state index in [9.17, 15) is 9.59 Å². The minimum absolute atomic E-state index is 0.412. The molecule has 0 radical (unpaired) electrons. The summed E-state index contributed by atoms with van der Waals surface area (Å²) in [7, 11) is 3.52. The van der Waals surface area contributed by atoms with E-state index in [4.69, 9.17) is 0 Å². The topological polar surface area (TPSA) is 70.5 Å². The molecule has 0 saturated heterocycles. The number of hydrazone groups is 1. The van der Waals surface area contributed by atoms with E-state index in [1.165, 1.54) is 16.8 Å². The van der Waals surface area contributed by atoms with Gasteiger partial charge in [-0.1, -0.05) is 0 Å². The fourth-order valence-corrected chi connectivity index (χ4v) is 1.15. The predicted octanol–water partition coefficient (Wildman–Crippen LogP) is -0.548. The Morgan fingerprint density at radius 2 is 2.20 bits per heavy atom. The molecule has 0 saturated carbocycles. The van der Waals surface area contributed by atoms with E-state index in [1.807, 2.05) is 6.92 Å². The Balaban J connectivity index is 3.27. The van der Waals surface area contributed by atoms with E-state index >= 15 is 0 Å². The SMILES string of the molecule is CCn1c(C=NN(C)C)cc(=O)[nH]c1=O. The van der Waals surface area contributed by atoms with Crippen LogP contribution in [0.5, 0.6) is 0 Å². The summed E-state index contributed by atoms with van der Waals surface area (Å²) in [5.41, 5.74) is -0.324. The monoisotopic (exact) mass is 210 g/mol. The van der Waals surface area contributed by atoms with E-state index < -0.39 is 11.2 Å². The second-order valence-corrected chi connectivity index (χ2v) is 3.20. The first-order chi connectivity index (χ1) is 7.04. The molecule has 0 spiro atoms. The van der Waals surface area contributed by atoms with Gasteiger partial charge in [-0.05, 0) is 6.92 Å². The van der Waals surface area contributed by atoms with Gasteiger partial charge in [0.1, 0.15) is 0 Å². The number of nitrogens with zero attached hydrogens (tertiary/aromatic N) is 3. The molecule has 0 aromatic carbocycles. The van der Waals surface area contributed by atoms with Crippen LogP contribution in [0.4, 0.5) is 0 Å². The fraction of sp³-hybridized carbons (Fsp3) is 0.444. The molecule has 0 unspecified atom stereocenters. The summed E-state index contributed by atoms with van der Waals surface area (Å²) in [6.45, 7) is 2.32. The zero-order valence-electron chi connectivity index (χ0n) is 9.02. The largest absolute Gasteiger partial charge is 0.328 e. The van der Waals surface area contributed by atoms with E-state index in [-0.39, 0.29) is 0 Å². The van der Waals surface area contributed by atoms with E-state index in [0.717, 1.165) is 0 Å². The van der Waals surface area contributed by atoms with Crippen molar-refractivity contribution in [3.63, 3.8) is 0 Å². The summed E-state index contributed by atoms with van der Waals surface area (Å²) in [6, 6.07) is 1.35. The van der Waals surface area contributed by atoms with E-state index in [0.29, 0.717) is 12.2 Å². The van der Waals surface area contributed by atoms with E-state index in [2.05, 4.69) is 10.1 Å². The van der Waals surface area contributed by atoms with Crippen LogP contribution in [-0.2, 0) is 6.54 Å². The molecule has 1 N–H and O–H groups in total. The highest BCUT2D eigenvalue weighted by Gasteiger charge is 2.01. The van der Waals surface area contributed by atoms with E-state index in [1.54, 1.807) is 19.1 Å². The first-order valence-corrected chi connectivity index (χ1v) is 4.60. The number of H-pyrrole nitrogens is 1. The molecule has 1 aromatic rings. The van der Waals surface area contributed by atoms with Gasteiger partial charge in [-0.2, -0.15) is 5.10 Å². The van der Waals surface area contributed by atoms with Crippen molar-refractivity contribution in [1.29, 1.82) is 0 Å². The van der Waals surface area contributed by atoms with Crippen LogP contribution >= 0.6 is 0 Å². The summed E-state index contributed by atoms with van der Waals surface area (Å²) in [6.07, 6.45) is 1.49. The number of aromatic amines is 1. The van der Waals surface area contributed by atoms with Crippen LogP contribution in [0.2, 0.25) is 0 Å². The van der Waals surface area contributed by atoms with Crippen molar-refractivity contribution in [2.75, 3.05) is 14.1 Å². The maximum absolute atomic E-state index is 11.4. The molecule has 0 bridgehead atoms. The maximum Gasteiger partial charge on any atom is 0.328 e. The van der Waals surface area contributed by atoms with Crippen LogP contribution < -0.4 is 11.2 Å². The van der Waals surface area contributed by atoms with Crippen LogP contribution in [0, 0.1) is 0 Å². The highest BCUT2D eigenvalue weighted by Crippen LogP contribution is 1.88. The molecule has 1 rings (SSSR count). The first kappa shape index (κ1) is 11.2. The number of hydrogen-bond donors (Lipinski definition) is 1. The Labute approximate surface area is 86.9 Å². The van der Waals surface area contributed by atoms with Gasteiger partial charge in [0.2, 0.25) is 0 Å². The minimum atomic E-state index is -0.412. The number of aromatic nitrogens is 2. The predicted molar refractivity (Wildman–Crippen MR) is 58.3 cm³/mol. The quantitative estimate of drug-likeness (QED) is 0.537. The molecule has 0 fully saturated rings. The smallest absolute Gasteiger partial charge is 0.303 e. The van der Waals surface area contributed by atoms with Gasteiger partial charge in [-0.25, -0.2) is 4.79 Å². The summed E-state index contributed by atoms with van der Waals surface area (Å²) >= 11 is 0. The normalized spacial score (nSPS) is 10.9. The van der Waals surface area contributed by atoms with Gasteiger partial charge in [0.25, 0.3) is 5.56 Å². The van der Waals surface area contributed by atoms with Crippen molar-refractivity contribution in [1.82, 2.24) is 14.6 Å². The van der Waals surface area contributed by atoms with Gasteiger partial charge >= 0.3 is 5.69 Å². The van der Waals surface area contributed by atoms with Gasteiger partial charge < -0.3 is 5.01 Å². The first-order valence-electron chi connectivity index (χ1n) is 4.60. The average molecular weight is 210 g/mol. The molecule has 0 amide bonds. The van der Waals surface area contributed by atoms with Crippen LogP contribution in [-0.4, -0.2) is 34.9 Å². The molecular formula is C9H14N4O2. The average Bonchev–Trinajstić information content (AvgIpc) is 2.13. The van der Waals surface area contributed by atoms with Gasteiger partial charge in [-0.3, -0.25) is 14.3 Å². The number of hydrogen-bond acceptors (Lipinski definition) is 4. The Hall–Kier alpha value is -1.85. The van der Waals surface area contributed by atoms with Crippen LogP contribution in [0.15, 0.2) is 20.8 Å². The lowest BCUT2D eigenvalue weighted by Crippen LogP contribution is -2.31. The molecule has 6 heteroatoms. The zero-order valence-corrected chi connectivity index (χ0v) is 9.02. The molecular weight excluding hydrogens is 196 g/mol. The van der Waals surface area contributed by atoms with Gasteiger partial charge in [0.05, 0.1) is 11.9 Å². The molecule has 82 valence electrons. The van der Waals surface area contributed by atoms with Gasteiger partial charge in [0.15, 0.2) is 0 Å². The Kier molecular flexibility index (Phi) is 3.43. The molecule has 0 aliphatic heterocycles. The second-order valence-electron chi connectivity index (χ2n) is 3.20. The summed E-state index contributed by atoms with van der Waals surface area (Å²) < 4.78 is 1.44. The second kappa shape index (κ2) is 4.59. The Morgan fingerprint density at radius 1 is 1.53 bits per heavy atom. The van der Waals surface area contributed by atoms with Crippen LogP contribution in [0.3, 0.4) is 0 Å².